The molecule has 2 rings (SSSR count). The highest BCUT2D eigenvalue weighted by molar-refractivity contribution is 8.00. The third kappa shape index (κ3) is 3.00. The summed E-state index contributed by atoms with van der Waals surface area (Å²) in [5.41, 5.74) is 3.36. The van der Waals surface area contributed by atoms with Crippen LogP contribution in [0.4, 0.5) is 13.2 Å². The second kappa shape index (κ2) is 5.24. The molecule has 0 saturated heterocycles. The fraction of sp³-hybridized carbons (Fsp3) is 0.333. The molecule has 1 aromatic heterocycles. The van der Waals surface area contributed by atoms with Gasteiger partial charge in [0.15, 0.2) is 0 Å². The molecule has 0 amide bonds. The molecule has 2 N–H and O–H groups in total. The molecule has 1 heterocycles. The van der Waals surface area contributed by atoms with Crippen LogP contribution in [0.5, 0.6) is 0 Å². The second-order valence-electron chi connectivity index (χ2n) is 3.86. The Morgan fingerprint density at radius 2 is 2.00 bits per heavy atom. The van der Waals surface area contributed by atoms with Gasteiger partial charge in [0.05, 0.1) is 5.52 Å². The van der Waals surface area contributed by atoms with E-state index in [-0.39, 0.29) is 17.5 Å². The number of hydrogen-bond acceptors (Lipinski definition) is 2. The minimum atomic E-state index is -4.17. The van der Waals surface area contributed by atoms with Crippen molar-refractivity contribution >= 4 is 22.7 Å². The molecule has 0 fully saturated rings. The average molecular weight is 274 g/mol. The quantitative estimate of drug-likeness (QED) is 0.927. The first-order chi connectivity index (χ1) is 8.51. The Hall–Kier alpha value is -1.14. The van der Waals surface area contributed by atoms with E-state index < -0.39 is 5.51 Å². The maximum absolute atomic E-state index is 12.1. The highest BCUT2D eigenvalue weighted by Crippen LogP contribution is 2.30. The van der Waals surface area contributed by atoms with Gasteiger partial charge in [0.1, 0.15) is 0 Å². The summed E-state index contributed by atoms with van der Waals surface area (Å²) in [5, 5.41) is 1.01. The topological polar surface area (TPSA) is 30.9 Å². The number of aryl methyl sites for hydroxylation is 1. The van der Waals surface area contributed by atoms with E-state index in [1.807, 2.05) is 28.8 Å². The first-order valence-corrected chi connectivity index (χ1v) is 6.47. The van der Waals surface area contributed by atoms with Gasteiger partial charge in [-0.25, -0.2) is 0 Å². The SMILES string of the molecule is NCc1cccc2ccn(CCSC(F)(F)F)c12. The fourth-order valence-corrected chi connectivity index (χ4v) is 2.47. The van der Waals surface area contributed by atoms with Gasteiger partial charge in [-0.3, -0.25) is 0 Å². The number of aromatic nitrogens is 1. The van der Waals surface area contributed by atoms with Crippen LogP contribution in [0.3, 0.4) is 0 Å². The Bertz CT molecular complexity index is 534. The Morgan fingerprint density at radius 1 is 1.22 bits per heavy atom. The average Bonchev–Trinajstić information content (AvgIpc) is 2.71. The molecule has 0 aliphatic carbocycles. The Balaban J connectivity index is 2.18. The standard InChI is InChI=1S/C12H13F3N2S/c13-12(14,15)18-7-6-17-5-4-9-2-1-3-10(8-16)11(9)17/h1-5H,6-8,16H2. The van der Waals surface area contributed by atoms with Crippen LogP contribution in [-0.2, 0) is 13.1 Å². The number of rotatable bonds is 4. The number of benzene rings is 1. The molecule has 0 radical (unpaired) electrons. The van der Waals surface area contributed by atoms with E-state index >= 15 is 0 Å². The lowest BCUT2D eigenvalue weighted by Gasteiger charge is -2.09. The van der Waals surface area contributed by atoms with Gasteiger partial charge in [0.2, 0.25) is 0 Å². The van der Waals surface area contributed by atoms with Crippen LogP contribution in [0.2, 0.25) is 0 Å². The van der Waals surface area contributed by atoms with Crippen LogP contribution in [0, 0.1) is 0 Å². The van der Waals surface area contributed by atoms with E-state index in [1.54, 1.807) is 6.20 Å². The molecular formula is C12H13F3N2S. The summed E-state index contributed by atoms with van der Waals surface area (Å²) in [4.78, 5) is 0. The Kier molecular flexibility index (Phi) is 3.87. The van der Waals surface area contributed by atoms with E-state index in [0.717, 1.165) is 16.5 Å². The van der Waals surface area contributed by atoms with Crippen molar-refractivity contribution in [3.05, 3.63) is 36.0 Å². The van der Waals surface area contributed by atoms with Crippen molar-refractivity contribution in [1.29, 1.82) is 0 Å². The molecule has 2 aromatic rings. The molecule has 18 heavy (non-hydrogen) atoms. The van der Waals surface area contributed by atoms with Crippen molar-refractivity contribution in [2.24, 2.45) is 5.73 Å². The second-order valence-corrected chi connectivity index (χ2v) is 5.02. The van der Waals surface area contributed by atoms with Crippen LogP contribution in [0.15, 0.2) is 30.5 Å². The highest BCUT2D eigenvalue weighted by atomic mass is 32.2. The zero-order chi connectivity index (χ0) is 13.2. The lowest BCUT2D eigenvalue weighted by Crippen LogP contribution is -2.07. The number of halogens is 3. The van der Waals surface area contributed by atoms with Crippen LogP contribution in [0.1, 0.15) is 5.56 Å². The zero-order valence-electron chi connectivity index (χ0n) is 9.57. The molecule has 0 aliphatic heterocycles. The highest BCUT2D eigenvalue weighted by Gasteiger charge is 2.27. The van der Waals surface area contributed by atoms with Crippen molar-refractivity contribution in [2.45, 2.75) is 18.6 Å². The van der Waals surface area contributed by atoms with Crippen molar-refractivity contribution in [1.82, 2.24) is 4.57 Å². The molecule has 0 saturated carbocycles. The first-order valence-electron chi connectivity index (χ1n) is 5.49. The van der Waals surface area contributed by atoms with Gasteiger partial charge in [0.25, 0.3) is 0 Å². The van der Waals surface area contributed by atoms with Crippen LogP contribution in [-0.4, -0.2) is 15.8 Å². The molecule has 0 spiro atoms. The van der Waals surface area contributed by atoms with Gasteiger partial charge < -0.3 is 10.3 Å². The number of hydrogen-bond donors (Lipinski definition) is 1. The molecule has 0 bridgehead atoms. The molecule has 98 valence electrons. The summed E-state index contributed by atoms with van der Waals surface area (Å²) in [6, 6.07) is 7.63. The minimum Gasteiger partial charge on any atom is -0.346 e. The first kappa shape index (κ1) is 13.3. The maximum atomic E-state index is 12.1. The third-order valence-electron chi connectivity index (χ3n) is 2.69. The molecule has 0 unspecified atom stereocenters. The van der Waals surface area contributed by atoms with Gasteiger partial charge in [-0.05, 0) is 28.8 Å². The lowest BCUT2D eigenvalue weighted by molar-refractivity contribution is -0.0328. The zero-order valence-corrected chi connectivity index (χ0v) is 10.4. The van der Waals surface area contributed by atoms with Gasteiger partial charge in [-0.15, -0.1) is 0 Å². The number of thioether (sulfide) groups is 1. The van der Waals surface area contributed by atoms with Gasteiger partial charge in [-0.1, -0.05) is 18.2 Å². The van der Waals surface area contributed by atoms with Crippen molar-refractivity contribution < 1.29 is 13.2 Å². The molecule has 2 nitrogen and oxygen atoms in total. The number of nitrogens with two attached hydrogens (primary N) is 1. The number of para-hydroxylation sites is 1. The summed E-state index contributed by atoms with van der Waals surface area (Å²) in [6.45, 7) is 0.707. The minimum absolute atomic E-state index is 0.00174. The fourth-order valence-electron chi connectivity index (χ4n) is 1.95. The summed E-state index contributed by atoms with van der Waals surface area (Å²) in [6.07, 6.45) is 1.81. The number of nitrogens with zero attached hydrogens (tertiary/aromatic N) is 1. The smallest absolute Gasteiger partial charge is 0.346 e. The van der Waals surface area contributed by atoms with E-state index in [0.29, 0.717) is 13.1 Å². The summed E-state index contributed by atoms with van der Waals surface area (Å²) >= 11 is 0.00174. The molecule has 6 heteroatoms. The van der Waals surface area contributed by atoms with Gasteiger partial charge in [0, 0.05) is 25.0 Å². The summed E-state index contributed by atoms with van der Waals surface area (Å²) in [5.74, 6) is 0.00614. The predicted octanol–water partition coefficient (Wildman–Crippen LogP) is 3.35. The summed E-state index contributed by atoms with van der Waals surface area (Å²) in [7, 11) is 0. The molecule has 1 aromatic carbocycles. The van der Waals surface area contributed by atoms with Crippen molar-refractivity contribution in [3.8, 4) is 0 Å². The molecule has 0 atom stereocenters. The van der Waals surface area contributed by atoms with Crippen LogP contribution in [0.25, 0.3) is 10.9 Å². The predicted molar refractivity (Wildman–Crippen MR) is 68.3 cm³/mol. The largest absolute Gasteiger partial charge is 0.441 e. The Labute approximate surface area is 107 Å². The maximum Gasteiger partial charge on any atom is 0.441 e. The normalized spacial score (nSPS) is 12.2. The van der Waals surface area contributed by atoms with Gasteiger partial charge in [-0.2, -0.15) is 13.2 Å². The van der Waals surface area contributed by atoms with Crippen molar-refractivity contribution in [2.75, 3.05) is 5.75 Å². The van der Waals surface area contributed by atoms with Crippen molar-refractivity contribution in [3.63, 3.8) is 0 Å². The number of alkyl halides is 3. The van der Waals surface area contributed by atoms with E-state index in [2.05, 4.69) is 0 Å². The molecular weight excluding hydrogens is 261 g/mol. The van der Waals surface area contributed by atoms with Gasteiger partial charge >= 0.3 is 5.51 Å². The Morgan fingerprint density at radius 3 is 2.67 bits per heavy atom. The third-order valence-corrected chi connectivity index (χ3v) is 3.40. The van der Waals surface area contributed by atoms with Crippen LogP contribution < -0.4 is 5.73 Å². The van der Waals surface area contributed by atoms with E-state index in [1.165, 1.54) is 0 Å². The number of fused-ring (bicyclic) bond motifs is 1. The monoisotopic (exact) mass is 274 g/mol. The van der Waals surface area contributed by atoms with E-state index in [4.69, 9.17) is 5.73 Å². The van der Waals surface area contributed by atoms with Crippen LogP contribution >= 0.6 is 11.8 Å². The summed E-state index contributed by atoms with van der Waals surface area (Å²) < 4.78 is 38.1. The molecule has 0 aliphatic rings. The lowest BCUT2D eigenvalue weighted by atomic mass is 10.1. The van der Waals surface area contributed by atoms with E-state index in [9.17, 15) is 13.2 Å².